The van der Waals surface area contributed by atoms with E-state index < -0.39 is 0 Å². The average molecular weight is 212 g/mol. The zero-order chi connectivity index (χ0) is 11.8. The van der Waals surface area contributed by atoms with E-state index in [4.69, 9.17) is 0 Å². The molecule has 0 bridgehead atoms. The van der Waals surface area contributed by atoms with Gasteiger partial charge in [0.15, 0.2) is 0 Å². The Hall–Kier alpha value is 0. The van der Waals surface area contributed by atoms with Gasteiger partial charge in [-0.2, -0.15) is 0 Å². The highest BCUT2D eigenvalue weighted by Crippen LogP contribution is 2.26. The molecule has 0 saturated carbocycles. The predicted molar refractivity (Wildman–Crippen MR) is 71.1 cm³/mol. The Balaban J connectivity index is 3.67. The predicted octanol–water partition coefficient (Wildman–Crippen LogP) is 5.52. The van der Waals surface area contributed by atoms with Crippen LogP contribution in [0.15, 0.2) is 0 Å². The average Bonchev–Trinajstić information content (AvgIpc) is 2.13. The van der Waals surface area contributed by atoms with E-state index in [1.165, 1.54) is 32.1 Å². The molecular weight excluding hydrogens is 180 g/mol. The van der Waals surface area contributed by atoms with E-state index in [1.54, 1.807) is 0 Å². The molecule has 0 radical (unpaired) electrons. The Kier molecular flexibility index (Phi) is 8.19. The third kappa shape index (κ3) is 7.88. The monoisotopic (exact) mass is 212 g/mol. The van der Waals surface area contributed by atoms with Crippen molar-refractivity contribution in [1.29, 1.82) is 0 Å². The summed E-state index contributed by atoms with van der Waals surface area (Å²) in [5.41, 5.74) is 0. The Morgan fingerprint density at radius 2 is 1.33 bits per heavy atom. The van der Waals surface area contributed by atoms with Crippen LogP contribution in [0.1, 0.15) is 73.6 Å². The molecule has 0 amide bonds. The Labute approximate surface area is 97.8 Å². The van der Waals surface area contributed by atoms with Gasteiger partial charge in [0.1, 0.15) is 0 Å². The zero-order valence-corrected chi connectivity index (χ0v) is 11.8. The van der Waals surface area contributed by atoms with Crippen molar-refractivity contribution >= 4 is 0 Å². The third-order valence-electron chi connectivity index (χ3n) is 3.71. The summed E-state index contributed by atoms with van der Waals surface area (Å²) in [4.78, 5) is 0. The van der Waals surface area contributed by atoms with Gasteiger partial charge in [0.25, 0.3) is 0 Å². The van der Waals surface area contributed by atoms with Crippen LogP contribution in [0, 0.1) is 23.7 Å². The molecule has 0 aromatic heterocycles. The summed E-state index contributed by atoms with van der Waals surface area (Å²) in [6, 6.07) is 0. The van der Waals surface area contributed by atoms with Crippen molar-refractivity contribution in [3.05, 3.63) is 0 Å². The van der Waals surface area contributed by atoms with E-state index in [2.05, 4.69) is 41.5 Å². The highest BCUT2D eigenvalue weighted by Gasteiger charge is 2.14. The van der Waals surface area contributed by atoms with E-state index in [1.807, 2.05) is 0 Å². The normalized spacial score (nSPS) is 17.8. The third-order valence-corrected chi connectivity index (χ3v) is 3.71. The highest BCUT2D eigenvalue weighted by molar-refractivity contribution is 4.65. The van der Waals surface area contributed by atoms with Crippen molar-refractivity contribution in [1.82, 2.24) is 0 Å². The minimum Gasteiger partial charge on any atom is -0.0654 e. The second kappa shape index (κ2) is 8.19. The zero-order valence-electron chi connectivity index (χ0n) is 11.8. The van der Waals surface area contributed by atoms with Gasteiger partial charge in [-0.3, -0.25) is 0 Å². The van der Waals surface area contributed by atoms with Crippen LogP contribution in [-0.4, -0.2) is 0 Å². The summed E-state index contributed by atoms with van der Waals surface area (Å²) in [6.45, 7) is 14.2. The fourth-order valence-corrected chi connectivity index (χ4v) is 2.44. The quantitative estimate of drug-likeness (QED) is 0.497. The molecule has 0 rings (SSSR count). The van der Waals surface area contributed by atoms with Gasteiger partial charge in [-0.1, -0.05) is 67.2 Å². The van der Waals surface area contributed by atoms with E-state index in [0.717, 1.165) is 23.7 Å². The molecule has 15 heavy (non-hydrogen) atoms. The maximum atomic E-state index is 2.44. The van der Waals surface area contributed by atoms with Crippen LogP contribution in [0.25, 0.3) is 0 Å². The molecule has 0 aliphatic heterocycles. The first-order valence-corrected chi connectivity index (χ1v) is 6.97. The lowest BCUT2D eigenvalue weighted by molar-refractivity contribution is 0.286. The lowest BCUT2D eigenvalue weighted by atomic mass is 9.83. The van der Waals surface area contributed by atoms with E-state index in [0.29, 0.717) is 0 Å². The molecule has 3 unspecified atom stereocenters. The van der Waals surface area contributed by atoms with Crippen LogP contribution in [-0.2, 0) is 0 Å². The first kappa shape index (κ1) is 15.0. The van der Waals surface area contributed by atoms with Crippen molar-refractivity contribution in [3.63, 3.8) is 0 Å². The topological polar surface area (TPSA) is 0 Å². The fraction of sp³-hybridized carbons (Fsp3) is 1.00. The summed E-state index contributed by atoms with van der Waals surface area (Å²) < 4.78 is 0. The van der Waals surface area contributed by atoms with Gasteiger partial charge in [0.05, 0.1) is 0 Å². The molecule has 3 atom stereocenters. The largest absolute Gasteiger partial charge is 0.0654 e. The van der Waals surface area contributed by atoms with Crippen molar-refractivity contribution in [2.45, 2.75) is 73.6 Å². The Morgan fingerprint density at radius 1 is 0.733 bits per heavy atom. The molecule has 0 aliphatic carbocycles. The molecule has 92 valence electrons. The van der Waals surface area contributed by atoms with Gasteiger partial charge in [0.2, 0.25) is 0 Å². The minimum atomic E-state index is 0.857. The molecule has 0 fully saturated rings. The number of hydrogen-bond donors (Lipinski definition) is 0. The van der Waals surface area contributed by atoms with Crippen LogP contribution in [0.5, 0.6) is 0 Å². The van der Waals surface area contributed by atoms with Crippen molar-refractivity contribution in [2.24, 2.45) is 23.7 Å². The van der Waals surface area contributed by atoms with Crippen LogP contribution in [0.2, 0.25) is 0 Å². The maximum absolute atomic E-state index is 2.44. The van der Waals surface area contributed by atoms with E-state index >= 15 is 0 Å². The van der Waals surface area contributed by atoms with Gasteiger partial charge >= 0.3 is 0 Å². The number of rotatable bonds is 8. The van der Waals surface area contributed by atoms with Crippen molar-refractivity contribution < 1.29 is 0 Å². The highest BCUT2D eigenvalue weighted by atomic mass is 14.2. The molecule has 0 saturated heterocycles. The van der Waals surface area contributed by atoms with Crippen molar-refractivity contribution in [3.8, 4) is 0 Å². The lowest BCUT2D eigenvalue weighted by Gasteiger charge is -2.23. The standard InChI is InChI=1S/C15H32/c1-7-8-13(4)9-10-14(5)15(6)11-12(2)3/h12-15H,7-11H2,1-6H3. The van der Waals surface area contributed by atoms with Gasteiger partial charge in [-0.15, -0.1) is 0 Å². The Morgan fingerprint density at radius 3 is 1.80 bits per heavy atom. The molecule has 0 heteroatoms. The van der Waals surface area contributed by atoms with Gasteiger partial charge in [-0.25, -0.2) is 0 Å². The lowest BCUT2D eigenvalue weighted by Crippen LogP contribution is -2.12. The molecule has 0 aromatic carbocycles. The smallest absolute Gasteiger partial charge is 0.0415 e. The van der Waals surface area contributed by atoms with Gasteiger partial charge in [-0.05, 0) is 30.1 Å². The first-order chi connectivity index (χ1) is 6.97. The van der Waals surface area contributed by atoms with E-state index in [9.17, 15) is 0 Å². The second-order valence-corrected chi connectivity index (χ2v) is 6.06. The second-order valence-electron chi connectivity index (χ2n) is 6.06. The Bertz CT molecular complexity index is 137. The number of hydrogen-bond acceptors (Lipinski definition) is 0. The summed E-state index contributed by atoms with van der Waals surface area (Å²) in [7, 11) is 0. The van der Waals surface area contributed by atoms with Crippen LogP contribution >= 0.6 is 0 Å². The fourth-order valence-electron chi connectivity index (χ4n) is 2.44. The molecule has 0 aliphatic rings. The van der Waals surface area contributed by atoms with Crippen LogP contribution < -0.4 is 0 Å². The SMILES string of the molecule is CCCC(C)CCC(C)C(C)CC(C)C. The van der Waals surface area contributed by atoms with E-state index in [-0.39, 0.29) is 0 Å². The summed E-state index contributed by atoms with van der Waals surface area (Å²) in [5, 5.41) is 0. The maximum Gasteiger partial charge on any atom is -0.0415 e. The molecule has 0 N–H and O–H groups in total. The molecule has 0 heterocycles. The minimum absolute atomic E-state index is 0.857. The molecular formula is C15H32. The molecule has 0 spiro atoms. The van der Waals surface area contributed by atoms with Crippen LogP contribution in [0.3, 0.4) is 0 Å². The van der Waals surface area contributed by atoms with Crippen LogP contribution in [0.4, 0.5) is 0 Å². The van der Waals surface area contributed by atoms with Gasteiger partial charge in [0, 0.05) is 0 Å². The molecule has 0 nitrogen and oxygen atoms in total. The summed E-state index contributed by atoms with van der Waals surface area (Å²) in [6.07, 6.45) is 7.00. The molecule has 0 aromatic rings. The first-order valence-electron chi connectivity index (χ1n) is 6.97. The van der Waals surface area contributed by atoms with Crippen molar-refractivity contribution in [2.75, 3.05) is 0 Å². The summed E-state index contributed by atoms with van der Waals surface area (Å²) in [5.74, 6) is 3.60. The summed E-state index contributed by atoms with van der Waals surface area (Å²) >= 11 is 0. The van der Waals surface area contributed by atoms with Gasteiger partial charge < -0.3 is 0 Å².